The van der Waals surface area contributed by atoms with Crippen molar-refractivity contribution in [2.24, 2.45) is 11.0 Å². The minimum atomic E-state index is -0.0487. The van der Waals surface area contributed by atoms with Crippen LogP contribution in [-0.2, 0) is 4.79 Å². The molecule has 0 saturated carbocycles. The molecule has 0 aliphatic carbocycles. The van der Waals surface area contributed by atoms with Gasteiger partial charge in [-0.1, -0.05) is 31.0 Å². The van der Waals surface area contributed by atoms with Crippen LogP contribution in [0, 0.1) is 18.3 Å². The van der Waals surface area contributed by atoms with Crippen molar-refractivity contribution >= 4 is 17.7 Å². The molecule has 0 radical (unpaired) electrons. The first-order chi connectivity index (χ1) is 9.70. The summed E-state index contributed by atoms with van der Waals surface area (Å²) in [5, 5.41) is 4.06. The highest BCUT2D eigenvalue weighted by atomic mass is 16.5. The predicted molar refractivity (Wildman–Crippen MR) is 79.2 cm³/mol. The normalized spacial score (nSPS) is 18.3. The zero-order valence-electron chi connectivity index (χ0n) is 11.3. The third-order valence-electron chi connectivity index (χ3n) is 2.97. The van der Waals surface area contributed by atoms with Crippen molar-refractivity contribution in [3.05, 3.63) is 35.9 Å². The maximum absolute atomic E-state index is 11.2. The number of hydrogen-bond donors (Lipinski definition) is 1. The number of hydrogen-bond acceptors (Lipinski definition) is 3. The number of carbonyl (C=O) groups is 1. The van der Waals surface area contributed by atoms with E-state index in [0.717, 1.165) is 17.0 Å². The molecule has 102 valence electrons. The fourth-order valence-electron chi connectivity index (χ4n) is 1.91. The van der Waals surface area contributed by atoms with Crippen molar-refractivity contribution in [3.63, 3.8) is 0 Å². The maximum Gasteiger partial charge on any atom is 0.240 e. The van der Waals surface area contributed by atoms with Gasteiger partial charge in [-0.25, -0.2) is 5.43 Å². The molecule has 1 aliphatic rings. The molecule has 0 fully saturated rings. The minimum absolute atomic E-state index is 0.0487. The van der Waals surface area contributed by atoms with E-state index >= 15 is 0 Å². The molecule has 2 rings (SSSR count). The molecule has 1 atom stereocenters. The number of amides is 1. The summed E-state index contributed by atoms with van der Waals surface area (Å²) in [4.78, 5) is 11.2. The molecule has 4 nitrogen and oxygen atoms in total. The van der Waals surface area contributed by atoms with E-state index in [2.05, 4.69) is 16.4 Å². The van der Waals surface area contributed by atoms with E-state index in [0.29, 0.717) is 6.42 Å². The largest absolute Gasteiger partial charge is 0.480 e. The molecule has 20 heavy (non-hydrogen) atoms. The van der Waals surface area contributed by atoms with Crippen molar-refractivity contribution in [1.82, 2.24) is 5.43 Å². The van der Waals surface area contributed by atoms with Gasteiger partial charge in [0.25, 0.3) is 0 Å². The van der Waals surface area contributed by atoms with Crippen molar-refractivity contribution < 1.29 is 9.53 Å². The van der Waals surface area contributed by atoms with Gasteiger partial charge in [0.05, 0.1) is 5.71 Å². The van der Waals surface area contributed by atoms with Crippen LogP contribution in [0.2, 0.25) is 0 Å². The molecule has 0 spiro atoms. The first-order valence-corrected chi connectivity index (χ1v) is 6.40. The van der Waals surface area contributed by atoms with Crippen LogP contribution < -0.4 is 10.2 Å². The van der Waals surface area contributed by atoms with Gasteiger partial charge < -0.3 is 4.74 Å². The van der Waals surface area contributed by atoms with Crippen LogP contribution in [0.4, 0.5) is 0 Å². The molecule has 0 aromatic heterocycles. The molecule has 1 N–H and O–H groups in total. The van der Waals surface area contributed by atoms with E-state index in [1.165, 1.54) is 0 Å². The number of nitrogens with zero attached hydrogens (tertiary/aromatic N) is 1. The zero-order valence-corrected chi connectivity index (χ0v) is 11.3. The summed E-state index contributed by atoms with van der Waals surface area (Å²) < 4.78 is 5.47. The Balaban J connectivity index is 2.15. The van der Waals surface area contributed by atoms with E-state index < -0.39 is 0 Å². The Hall–Kier alpha value is -2.54. The third-order valence-corrected chi connectivity index (χ3v) is 2.97. The highest BCUT2D eigenvalue weighted by molar-refractivity contribution is 6.03. The van der Waals surface area contributed by atoms with Crippen LogP contribution >= 0.6 is 0 Å². The van der Waals surface area contributed by atoms with Crippen LogP contribution in [-0.4, -0.2) is 18.2 Å². The number of benzene rings is 1. The van der Waals surface area contributed by atoms with Gasteiger partial charge in [-0.2, -0.15) is 5.10 Å². The van der Waals surface area contributed by atoms with Gasteiger partial charge in [-0.05, 0) is 18.2 Å². The number of hydrazone groups is 1. The van der Waals surface area contributed by atoms with Crippen LogP contribution in [0.5, 0.6) is 5.75 Å². The number of carbonyl (C=O) groups excluding carboxylic acids is 1. The Bertz CT molecular complexity index is 597. The van der Waals surface area contributed by atoms with E-state index in [-0.39, 0.29) is 18.4 Å². The zero-order chi connectivity index (χ0) is 14.4. The highest BCUT2D eigenvalue weighted by Gasteiger charge is 2.17. The quantitative estimate of drug-likeness (QED) is 0.851. The molecular formula is C16H16N2O2. The second-order valence-corrected chi connectivity index (χ2v) is 4.54. The number of terminal acetylenes is 1. The van der Waals surface area contributed by atoms with Crippen molar-refractivity contribution in [1.29, 1.82) is 0 Å². The molecule has 0 bridgehead atoms. The van der Waals surface area contributed by atoms with Gasteiger partial charge in [-0.3, -0.25) is 4.79 Å². The number of nitrogens with one attached hydrogen (secondary N) is 1. The fourth-order valence-corrected chi connectivity index (χ4v) is 1.91. The number of para-hydroxylation sites is 1. The topological polar surface area (TPSA) is 50.7 Å². The molecular weight excluding hydrogens is 252 g/mol. The van der Waals surface area contributed by atoms with Crippen LogP contribution in [0.1, 0.15) is 18.9 Å². The number of rotatable bonds is 4. The third kappa shape index (κ3) is 3.48. The van der Waals surface area contributed by atoms with Crippen LogP contribution in [0.25, 0.3) is 6.08 Å². The summed E-state index contributed by atoms with van der Waals surface area (Å²) in [5.74, 6) is 3.24. The number of allylic oxidation sites excluding steroid dienone is 1. The molecule has 1 aromatic rings. The van der Waals surface area contributed by atoms with Gasteiger partial charge in [0, 0.05) is 17.9 Å². The first-order valence-electron chi connectivity index (χ1n) is 6.40. The first kappa shape index (κ1) is 13.9. The highest BCUT2D eigenvalue weighted by Crippen LogP contribution is 2.20. The lowest BCUT2D eigenvalue weighted by Crippen LogP contribution is -2.30. The second-order valence-electron chi connectivity index (χ2n) is 4.54. The van der Waals surface area contributed by atoms with Crippen molar-refractivity contribution in [2.75, 3.05) is 6.61 Å². The summed E-state index contributed by atoms with van der Waals surface area (Å²) in [6.45, 7) is 2.21. The Labute approximate surface area is 118 Å². The lowest BCUT2D eigenvalue weighted by molar-refractivity contribution is -0.121. The number of ether oxygens (including phenoxy) is 1. The van der Waals surface area contributed by atoms with E-state index in [1.807, 2.05) is 43.3 Å². The minimum Gasteiger partial charge on any atom is -0.480 e. The van der Waals surface area contributed by atoms with Crippen molar-refractivity contribution in [3.8, 4) is 18.1 Å². The summed E-state index contributed by atoms with van der Waals surface area (Å²) in [6, 6.07) is 7.63. The van der Waals surface area contributed by atoms with Gasteiger partial charge in [-0.15, -0.1) is 6.42 Å². The van der Waals surface area contributed by atoms with E-state index in [4.69, 9.17) is 11.2 Å². The predicted octanol–water partition coefficient (Wildman–Crippen LogP) is 2.22. The Morgan fingerprint density at radius 3 is 3.05 bits per heavy atom. The van der Waals surface area contributed by atoms with E-state index in [9.17, 15) is 4.79 Å². The SMILES string of the molecule is C#CCOc1ccccc1C=CC1=NNC(=O)CC1C. The summed E-state index contributed by atoms with van der Waals surface area (Å²) in [7, 11) is 0. The van der Waals surface area contributed by atoms with Gasteiger partial charge in [0.1, 0.15) is 12.4 Å². The molecule has 1 unspecified atom stereocenters. The molecule has 1 aromatic carbocycles. The van der Waals surface area contributed by atoms with Crippen LogP contribution in [0.3, 0.4) is 0 Å². The van der Waals surface area contributed by atoms with Crippen molar-refractivity contribution in [2.45, 2.75) is 13.3 Å². The average molecular weight is 268 g/mol. The maximum atomic E-state index is 11.2. The Morgan fingerprint density at radius 1 is 1.50 bits per heavy atom. The van der Waals surface area contributed by atoms with Gasteiger partial charge in [0.15, 0.2) is 0 Å². The molecule has 1 amide bonds. The lowest BCUT2D eigenvalue weighted by atomic mass is 9.99. The standard InChI is InChI=1S/C16H16N2O2/c1-3-10-20-15-7-5-4-6-13(15)8-9-14-12(2)11-16(19)18-17-14/h1,4-9,12H,10-11H2,2H3,(H,18,19). The summed E-state index contributed by atoms with van der Waals surface area (Å²) in [5.41, 5.74) is 4.26. The molecule has 4 heteroatoms. The van der Waals surface area contributed by atoms with Crippen LogP contribution in [0.15, 0.2) is 35.4 Å². The second kappa shape index (κ2) is 6.58. The van der Waals surface area contributed by atoms with E-state index in [1.54, 1.807) is 0 Å². The Morgan fingerprint density at radius 2 is 2.30 bits per heavy atom. The molecule has 1 heterocycles. The summed E-state index contributed by atoms with van der Waals surface area (Å²) in [6.07, 6.45) is 9.46. The monoisotopic (exact) mass is 268 g/mol. The smallest absolute Gasteiger partial charge is 0.240 e. The molecule has 0 saturated heterocycles. The van der Waals surface area contributed by atoms with Gasteiger partial charge in [0.2, 0.25) is 5.91 Å². The molecule has 1 aliphatic heterocycles. The summed E-state index contributed by atoms with van der Waals surface area (Å²) >= 11 is 0. The Kier molecular flexibility index (Phi) is 4.56. The lowest BCUT2D eigenvalue weighted by Gasteiger charge is -2.16. The van der Waals surface area contributed by atoms with Gasteiger partial charge >= 0.3 is 0 Å². The average Bonchev–Trinajstić information content (AvgIpc) is 2.45. The fraction of sp³-hybridized carbons (Fsp3) is 0.250.